The van der Waals surface area contributed by atoms with Gasteiger partial charge in [-0.2, -0.15) is 0 Å². The second-order valence-electron chi connectivity index (χ2n) is 5.68. The molecule has 1 aliphatic heterocycles. The highest BCUT2D eigenvalue weighted by Gasteiger charge is 2.33. The van der Waals surface area contributed by atoms with Crippen molar-refractivity contribution in [1.82, 2.24) is 0 Å². The average Bonchev–Trinajstić information content (AvgIpc) is 2.33. The topological polar surface area (TPSA) is 72.4 Å². The predicted molar refractivity (Wildman–Crippen MR) is 77.3 cm³/mol. The van der Waals surface area contributed by atoms with Crippen molar-refractivity contribution in [3.63, 3.8) is 0 Å². The number of nitrogen functional groups attached to an aromatic ring is 1. The first kappa shape index (κ1) is 13.6. The average molecular weight is 263 g/mol. The van der Waals surface area contributed by atoms with E-state index in [1.54, 1.807) is 18.2 Å². The summed E-state index contributed by atoms with van der Waals surface area (Å²) >= 11 is 0. The lowest BCUT2D eigenvalue weighted by Crippen LogP contribution is -2.46. The van der Waals surface area contributed by atoms with Crippen molar-refractivity contribution in [1.29, 1.82) is 0 Å². The Labute approximate surface area is 113 Å². The molecule has 5 heteroatoms. The van der Waals surface area contributed by atoms with Crippen molar-refractivity contribution in [2.24, 2.45) is 11.8 Å². The summed E-state index contributed by atoms with van der Waals surface area (Å²) in [5, 5.41) is 11.3. The van der Waals surface area contributed by atoms with Gasteiger partial charge in [0.2, 0.25) is 0 Å². The maximum Gasteiger partial charge on any atom is 0.315 e. The molecule has 0 radical (unpaired) electrons. The van der Waals surface area contributed by atoms with Crippen LogP contribution in [0.4, 0.5) is 17.1 Å². The quantitative estimate of drug-likeness (QED) is 0.505. The van der Waals surface area contributed by atoms with Gasteiger partial charge in [0.05, 0.1) is 4.92 Å². The highest BCUT2D eigenvalue weighted by atomic mass is 16.6. The SMILES string of the molecule is CC1CC(C)C(C)N(c2cccc(N)c2[N+](=O)[O-])C1. The van der Waals surface area contributed by atoms with Crippen molar-refractivity contribution in [2.45, 2.75) is 33.2 Å². The summed E-state index contributed by atoms with van der Waals surface area (Å²) < 4.78 is 0. The van der Waals surface area contributed by atoms with E-state index in [9.17, 15) is 10.1 Å². The molecule has 0 spiro atoms. The molecular weight excluding hydrogens is 242 g/mol. The molecule has 0 bridgehead atoms. The molecule has 3 atom stereocenters. The van der Waals surface area contributed by atoms with Gasteiger partial charge in [0.15, 0.2) is 0 Å². The van der Waals surface area contributed by atoms with Crippen LogP contribution in [0.1, 0.15) is 27.2 Å². The summed E-state index contributed by atoms with van der Waals surface area (Å²) in [6, 6.07) is 5.46. The zero-order valence-corrected chi connectivity index (χ0v) is 11.7. The van der Waals surface area contributed by atoms with Gasteiger partial charge in [-0.3, -0.25) is 10.1 Å². The van der Waals surface area contributed by atoms with Gasteiger partial charge in [-0.05, 0) is 37.3 Å². The molecule has 0 saturated carbocycles. The van der Waals surface area contributed by atoms with Gasteiger partial charge >= 0.3 is 5.69 Å². The lowest BCUT2D eigenvalue weighted by Gasteiger charge is -2.42. The third kappa shape index (κ3) is 2.50. The van der Waals surface area contributed by atoms with Crippen LogP contribution in [-0.4, -0.2) is 17.5 Å². The van der Waals surface area contributed by atoms with Crippen molar-refractivity contribution in [3.8, 4) is 0 Å². The Hall–Kier alpha value is -1.78. The fraction of sp³-hybridized carbons (Fsp3) is 0.571. The Morgan fingerprint density at radius 2 is 2.05 bits per heavy atom. The number of hydrogen-bond donors (Lipinski definition) is 1. The van der Waals surface area contributed by atoms with Crippen LogP contribution < -0.4 is 10.6 Å². The zero-order chi connectivity index (χ0) is 14.2. The van der Waals surface area contributed by atoms with Gasteiger partial charge in [-0.25, -0.2) is 0 Å². The van der Waals surface area contributed by atoms with E-state index in [0.29, 0.717) is 17.5 Å². The highest BCUT2D eigenvalue weighted by molar-refractivity contribution is 5.75. The van der Waals surface area contributed by atoms with Gasteiger partial charge in [0, 0.05) is 12.6 Å². The Bertz CT molecular complexity index is 490. The molecule has 5 nitrogen and oxygen atoms in total. The minimum absolute atomic E-state index is 0.0376. The van der Waals surface area contributed by atoms with Crippen LogP contribution in [0.2, 0.25) is 0 Å². The number of nitro groups is 1. The third-order valence-corrected chi connectivity index (χ3v) is 4.14. The molecule has 1 aromatic carbocycles. The fourth-order valence-corrected chi connectivity index (χ4v) is 3.01. The lowest BCUT2D eigenvalue weighted by molar-refractivity contribution is -0.383. The number of anilines is 2. The van der Waals surface area contributed by atoms with Gasteiger partial charge < -0.3 is 10.6 Å². The first-order valence-corrected chi connectivity index (χ1v) is 6.71. The second kappa shape index (κ2) is 5.07. The number of nitrogens with zero attached hydrogens (tertiary/aromatic N) is 2. The maximum absolute atomic E-state index is 11.3. The minimum atomic E-state index is -0.374. The molecule has 3 unspecified atom stereocenters. The van der Waals surface area contributed by atoms with Gasteiger partial charge in [0.1, 0.15) is 11.4 Å². The zero-order valence-electron chi connectivity index (χ0n) is 11.7. The van der Waals surface area contributed by atoms with E-state index in [1.165, 1.54) is 0 Å². The van der Waals surface area contributed by atoms with Gasteiger partial charge in [0.25, 0.3) is 0 Å². The third-order valence-electron chi connectivity index (χ3n) is 4.14. The molecule has 0 aromatic heterocycles. The molecule has 1 heterocycles. The summed E-state index contributed by atoms with van der Waals surface area (Å²) in [5.74, 6) is 1.05. The van der Waals surface area contributed by atoms with E-state index < -0.39 is 0 Å². The minimum Gasteiger partial charge on any atom is -0.393 e. The van der Waals surface area contributed by atoms with E-state index in [2.05, 4.69) is 25.7 Å². The molecule has 104 valence electrons. The van der Waals surface area contributed by atoms with E-state index >= 15 is 0 Å². The number of hydrogen-bond acceptors (Lipinski definition) is 4. The summed E-state index contributed by atoms with van der Waals surface area (Å²) in [6.07, 6.45) is 1.16. The normalized spacial score (nSPS) is 27.3. The molecule has 1 aliphatic rings. The maximum atomic E-state index is 11.3. The van der Waals surface area contributed by atoms with E-state index in [-0.39, 0.29) is 22.3 Å². The van der Waals surface area contributed by atoms with E-state index in [1.807, 2.05) is 0 Å². The number of piperidine rings is 1. The number of para-hydroxylation sites is 1. The van der Waals surface area contributed by atoms with Crippen molar-refractivity contribution in [3.05, 3.63) is 28.3 Å². The van der Waals surface area contributed by atoms with Crippen LogP contribution in [0.25, 0.3) is 0 Å². The monoisotopic (exact) mass is 263 g/mol. The number of nitro benzene ring substituents is 1. The van der Waals surface area contributed by atoms with E-state index in [4.69, 9.17) is 5.73 Å². The highest BCUT2D eigenvalue weighted by Crippen LogP contribution is 2.39. The van der Waals surface area contributed by atoms with Crippen LogP contribution >= 0.6 is 0 Å². The Morgan fingerprint density at radius 1 is 1.37 bits per heavy atom. The van der Waals surface area contributed by atoms with Crippen LogP contribution in [0.5, 0.6) is 0 Å². The van der Waals surface area contributed by atoms with Crippen LogP contribution in [-0.2, 0) is 0 Å². The van der Waals surface area contributed by atoms with Gasteiger partial charge in [-0.1, -0.05) is 19.9 Å². The molecule has 1 saturated heterocycles. The molecule has 1 aromatic rings. The van der Waals surface area contributed by atoms with E-state index in [0.717, 1.165) is 13.0 Å². The molecular formula is C14H21N3O2. The number of benzene rings is 1. The number of nitrogens with two attached hydrogens (primary N) is 1. The number of rotatable bonds is 2. The molecule has 1 fully saturated rings. The van der Waals surface area contributed by atoms with Crippen LogP contribution in [0, 0.1) is 22.0 Å². The molecule has 19 heavy (non-hydrogen) atoms. The molecule has 0 aliphatic carbocycles. The van der Waals surface area contributed by atoms with Crippen molar-refractivity contribution >= 4 is 17.1 Å². The molecule has 2 N–H and O–H groups in total. The Balaban J connectivity index is 2.46. The predicted octanol–water partition coefficient (Wildman–Crippen LogP) is 3.05. The van der Waals surface area contributed by atoms with Crippen molar-refractivity contribution in [2.75, 3.05) is 17.2 Å². The smallest absolute Gasteiger partial charge is 0.315 e. The molecule has 0 amide bonds. The largest absolute Gasteiger partial charge is 0.393 e. The Kier molecular flexibility index (Phi) is 3.64. The van der Waals surface area contributed by atoms with Crippen molar-refractivity contribution < 1.29 is 4.92 Å². The first-order valence-electron chi connectivity index (χ1n) is 6.71. The Morgan fingerprint density at radius 3 is 2.68 bits per heavy atom. The standard InChI is InChI=1S/C14H21N3O2/c1-9-7-10(2)11(3)16(8-9)13-6-4-5-12(15)14(13)17(18)19/h4-6,9-11H,7-8,15H2,1-3H3. The lowest BCUT2D eigenvalue weighted by atomic mass is 9.85. The summed E-state index contributed by atoms with van der Waals surface area (Å²) in [6.45, 7) is 7.36. The summed E-state index contributed by atoms with van der Waals surface area (Å²) in [4.78, 5) is 13.0. The fourth-order valence-electron chi connectivity index (χ4n) is 3.01. The van der Waals surface area contributed by atoms with Gasteiger partial charge in [-0.15, -0.1) is 0 Å². The molecule has 2 rings (SSSR count). The van der Waals surface area contributed by atoms with Crippen LogP contribution in [0.3, 0.4) is 0 Å². The first-order chi connectivity index (χ1) is 8.91. The second-order valence-corrected chi connectivity index (χ2v) is 5.68. The summed E-state index contributed by atoms with van der Waals surface area (Å²) in [5.41, 5.74) is 6.70. The summed E-state index contributed by atoms with van der Waals surface area (Å²) in [7, 11) is 0. The van der Waals surface area contributed by atoms with Crippen LogP contribution in [0.15, 0.2) is 18.2 Å².